The van der Waals surface area contributed by atoms with Gasteiger partial charge in [-0.15, -0.1) is 0 Å². The number of carbonyl (C=O) groups excluding carboxylic acids is 1. The average Bonchev–Trinajstić information content (AvgIpc) is 2.48. The molecule has 0 heterocycles. The van der Waals surface area contributed by atoms with Crippen molar-refractivity contribution in [3.05, 3.63) is 0 Å². The van der Waals surface area contributed by atoms with Crippen LogP contribution in [0, 0.1) is 0 Å². The van der Waals surface area contributed by atoms with E-state index in [4.69, 9.17) is 33.9 Å². The topological polar surface area (TPSA) is 186 Å². The van der Waals surface area contributed by atoms with Crippen molar-refractivity contribution in [1.82, 2.24) is 21.1 Å². The second-order valence-electron chi connectivity index (χ2n) is 5.73. The lowest BCUT2D eigenvalue weighted by Gasteiger charge is -2.27. The number of hydrogen-bond donors (Lipinski definition) is 8. The Morgan fingerprint density at radius 3 is 2.36 bits per heavy atom. The van der Waals surface area contributed by atoms with E-state index in [0.29, 0.717) is 6.54 Å². The number of carbonyl (C=O) groups is 2. The smallest absolute Gasteiger partial charge is 0.328 e. The third-order valence-corrected chi connectivity index (χ3v) is 3.40. The minimum absolute atomic E-state index is 0.0314. The van der Waals surface area contributed by atoms with Gasteiger partial charge >= 0.3 is 5.97 Å². The zero-order valence-electron chi connectivity index (χ0n) is 14.3. The predicted octanol–water partition coefficient (Wildman–Crippen LogP) is -3.72. The number of nitrogens with two attached hydrogens (primary N) is 2. The molecule has 0 aromatic rings. The number of rotatable bonds is 12. The Morgan fingerprint density at radius 2 is 1.92 bits per heavy atom. The molecule has 0 aromatic carbocycles. The Bertz CT molecular complexity index is 453. The highest BCUT2D eigenvalue weighted by molar-refractivity contribution is 7.80. The van der Waals surface area contributed by atoms with Crippen molar-refractivity contribution in [1.29, 1.82) is 0 Å². The number of primary amides is 1. The van der Waals surface area contributed by atoms with Crippen LogP contribution in [0.25, 0.3) is 0 Å². The number of carboxylic acids is 1. The zero-order chi connectivity index (χ0) is 19.6. The summed E-state index contributed by atoms with van der Waals surface area (Å²) in [4.78, 5) is 22.2. The van der Waals surface area contributed by atoms with Gasteiger partial charge in [-0.3, -0.25) is 10.2 Å². The number of hydrazine groups is 1. The molecule has 0 rings (SSSR count). The molecule has 0 saturated carbocycles. The fraction of sp³-hybridized carbons (Fsp3) is 0.769. The van der Waals surface area contributed by atoms with Crippen LogP contribution in [-0.2, 0) is 9.59 Å². The van der Waals surface area contributed by atoms with Crippen LogP contribution in [0.3, 0.4) is 0 Å². The Balaban J connectivity index is 4.63. The second kappa shape index (κ2) is 11.9. The molecule has 0 spiro atoms. The fourth-order valence-corrected chi connectivity index (χ4v) is 2.21. The van der Waals surface area contributed by atoms with Crippen molar-refractivity contribution >= 4 is 29.2 Å². The van der Waals surface area contributed by atoms with Gasteiger partial charge in [0.1, 0.15) is 0 Å². The zero-order valence-corrected chi connectivity index (χ0v) is 15.1. The Hall–Kier alpha value is -1.57. The molecule has 12 heteroatoms. The van der Waals surface area contributed by atoms with Gasteiger partial charge in [0.2, 0.25) is 5.91 Å². The molecular formula is C13H28N6O5S. The van der Waals surface area contributed by atoms with Crippen molar-refractivity contribution in [3.8, 4) is 0 Å². The number of carboxylic acid groups (broad SMARTS) is 1. The first kappa shape index (κ1) is 23.4. The highest BCUT2D eigenvalue weighted by atomic mass is 32.1. The third kappa shape index (κ3) is 10.8. The summed E-state index contributed by atoms with van der Waals surface area (Å²) in [6.45, 7) is 1.76. The first-order valence-electron chi connectivity index (χ1n) is 7.64. The molecule has 0 aliphatic carbocycles. The fourth-order valence-electron chi connectivity index (χ4n) is 1.91. The molecule has 1 unspecified atom stereocenters. The SMILES string of the molecule is CC(O)[C@H](NC(=S)N[C@H](CNN(C)C[C@@H](N)CO)CC(N)=O)C(=O)O. The van der Waals surface area contributed by atoms with Gasteiger partial charge in [0.25, 0.3) is 0 Å². The average molecular weight is 380 g/mol. The largest absolute Gasteiger partial charge is 0.480 e. The van der Waals surface area contributed by atoms with E-state index in [2.05, 4.69) is 16.1 Å². The number of amides is 1. The maximum atomic E-state index is 11.2. The summed E-state index contributed by atoms with van der Waals surface area (Å²) >= 11 is 5.02. The number of nitrogens with zero attached hydrogens (tertiary/aromatic N) is 1. The van der Waals surface area contributed by atoms with Gasteiger partial charge in [0.15, 0.2) is 11.2 Å². The predicted molar refractivity (Wildman–Crippen MR) is 95.3 cm³/mol. The molecule has 10 N–H and O–H groups in total. The Labute approximate surface area is 151 Å². The Morgan fingerprint density at radius 1 is 1.32 bits per heavy atom. The van der Waals surface area contributed by atoms with Gasteiger partial charge in [0, 0.05) is 32.6 Å². The lowest BCUT2D eigenvalue weighted by Crippen LogP contribution is -2.56. The molecule has 146 valence electrons. The lowest BCUT2D eigenvalue weighted by molar-refractivity contribution is -0.141. The molecule has 25 heavy (non-hydrogen) atoms. The monoisotopic (exact) mass is 380 g/mol. The van der Waals surface area contributed by atoms with E-state index in [9.17, 15) is 14.7 Å². The van der Waals surface area contributed by atoms with Crippen LogP contribution < -0.4 is 27.5 Å². The Kier molecular flexibility index (Phi) is 11.1. The van der Waals surface area contributed by atoms with E-state index < -0.39 is 36.1 Å². The van der Waals surface area contributed by atoms with Gasteiger partial charge in [-0.1, -0.05) is 0 Å². The van der Waals surface area contributed by atoms with E-state index >= 15 is 0 Å². The van der Waals surface area contributed by atoms with Gasteiger partial charge in [-0.05, 0) is 19.1 Å². The van der Waals surface area contributed by atoms with E-state index in [1.807, 2.05) is 0 Å². The van der Waals surface area contributed by atoms with Crippen LogP contribution >= 0.6 is 12.2 Å². The summed E-state index contributed by atoms with van der Waals surface area (Å²) in [6, 6.07) is -2.23. The highest BCUT2D eigenvalue weighted by Gasteiger charge is 2.24. The number of aliphatic carboxylic acids is 1. The number of nitrogens with one attached hydrogen (secondary N) is 3. The van der Waals surface area contributed by atoms with Crippen LogP contribution in [0.5, 0.6) is 0 Å². The van der Waals surface area contributed by atoms with Gasteiger partial charge in [0.05, 0.1) is 18.8 Å². The molecule has 0 aliphatic heterocycles. The maximum absolute atomic E-state index is 11.2. The number of aliphatic hydroxyl groups is 2. The second-order valence-corrected chi connectivity index (χ2v) is 6.14. The molecule has 0 aromatic heterocycles. The van der Waals surface area contributed by atoms with E-state index in [0.717, 1.165) is 0 Å². The van der Waals surface area contributed by atoms with Crippen LogP contribution in [0.2, 0.25) is 0 Å². The van der Waals surface area contributed by atoms with Gasteiger partial charge in [-0.2, -0.15) is 0 Å². The minimum Gasteiger partial charge on any atom is -0.480 e. The molecule has 0 saturated heterocycles. The van der Waals surface area contributed by atoms with Crippen LogP contribution in [0.1, 0.15) is 13.3 Å². The van der Waals surface area contributed by atoms with Crippen LogP contribution in [0.4, 0.5) is 0 Å². The normalized spacial score (nSPS) is 15.9. The quantitative estimate of drug-likeness (QED) is 0.123. The van der Waals surface area contributed by atoms with Crippen molar-refractivity contribution in [2.45, 2.75) is 37.6 Å². The maximum Gasteiger partial charge on any atom is 0.328 e. The number of likely N-dealkylation sites (N-methyl/N-ethyl adjacent to an activating group) is 1. The molecule has 4 atom stereocenters. The third-order valence-electron chi connectivity index (χ3n) is 3.17. The summed E-state index contributed by atoms with van der Waals surface area (Å²) in [6.07, 6.45) is -1.22. The summed E-state index contributed by atoms with van der Waals surface area (Å²) in [7, 11) is 1.71. The summed E-state index contributed by atoms with van der Waals surface area (Å²) < 4.78 is 0. The molecule has 11 nitrogen and oxygen atoms in total. The highest BCUT2D eigenvalue weighted by Crippen LogP contribution is 1.96. The van der Waals surface area contributed by atoms with Crippen molar-refractivity contribution in [2.75, 3.05) is 26.7 Å². The standard InChI is InChI=1S/C13H28N6O5S/c1-7(21)11(12(23)24)18-13(25)17-9(3-10(15)22)4-16-19(2)5-8(14)6-20/h7-9,11,16,20-21H,3-6,14H2,1-2H3,(H2,15,22)(H,23,24)(H2,17,18,25)/t7?,8-,9+,11+/m1/s1. The van der Waals surface area contributed by atoms with Crippen molar-refractivity contribution < 1.29 is 24.9 Å². The van der Waals surface area contributed by atoms with Crippen molar-refractivity contribution in [3.63, 3.8) is 0 Å². The lowest BCUT2D eigenvalue weighted by atomic mass is 10.2. The summed E-state index contributed by atoms with van der Waals surface area (Å²) in [5.41, 5.74) is 13.8. The van der Waals surface area contributed by atoms with Crippen LogP contribution in [0.15, 0.2) is 0 Å². The molecular weight excluding hydrogens is 352 g/mol. The first-order chi connectivity index (χ1) is 11.6. The van der Waals surface area contributed by atoms with E-state index in [1.54, 1.807) is 12.1 Å². The van der Waals surface area contributed by atoms with Crippen LogP contribution in [-0.4, -0.2) is 88.3 Å². The summed E-state index contributed by atoms with van der Waals surface area (Å²) in [5, 5.41) is 34.3. The molecule has 0 aliphatic rings. The summed E-state index contributed by atoms with van der Waals surface area (Å²) in [5.74, 6) is -1.83. The molecule has 0 radical (unpaired) electrons. The van der Waals surface area contributed by atoms with Gasteiger partial charge < -0.3 is 37.4 Å². The number of thiocarbonyl (C=S) groups is 1. The molecule has 1 amide bonds. The molecule has 0 bridgehead atoms. The minimum atomic E-state index is -1.28. The van der Waals surface area contributed by atoms with E-state index in [-0.39, 0.29) is 24.7 Å². The first-order valence-corrected chi connectivity index (χ1v) is 8.04. The molecule has 0 fully saturated rings. The number of hydrogen-bond acceptors (Lipinski definition) is 8. The number of aliphatic hydroxyl groups excluding tert-OH is 2. The van der Waals surface area contributed by atoms with E-state index in [1.165, 1.54) is 6.92 Å². The van der Waals surface area contributed by atoms with Crippen molar-refractivity contribution in [2.24, 2.45) is 11.5 Å². The van der Waals surface area contributed by atoms with Gasteiger partial charge in [-0.25, -0.2) is 9.80 Å².